The molecule has 1 aliphatic heterocycles. The van der Waals surface area contributed by atoms with Crippen LogP contribution in [0, 0.1) is 5.82 Å². The maximum atomic E-state index is 13.8. The number of nitrogens with one attached hydrogen (secondary N) is 1. The van der Waals surface area contributed by atoms with Gasteiger partial charge in [-0.3, -0.25) is 9.69 Å². The van der Waals surface area contributed by atoms with Crippen molar-refractivity contribution in [3.8, 4) is 0 Å². The molecule has 0 radical (unpaired) electrons. The van der Waals surface area contributed by atoms with Crippen LogP contribution in [-0.2, 0) is 4.74 Å². The van der Waals surface area contributed by atoms with Gasteiger partial charge in [-0.05, 0) is 19.1 Å². The lowest BCUT2D eigenvalue weighted by atomic mass is 10.1. The van der Waals surface area contributed by atoms with Gasteiger partial charge in [-0.1, -0.05) is 15.9 Å². The molecule has 7 heteroatoms. The molecule has 1 fully saturated rings. The van der Waals surface area contributed by atoms with Crippen molar-refractivity contribution in [1.82, 2.24) is 4.90 Å². The summed E-state index contributed by atoms with van der Waals surface area (Å²) in [5, 5.41) is 3.12. The molecule has 0 aromatic heterocycles. The first-order valence-electron chi connectivity index (χ1n) is 6.83. The van der Waals surface area contributed by atoms with E-state index < -0.39 is 11.7 Å². The summed E-state index contributed by atoms with van der Waals surface area (Å²) in [5.41, 5.74) is 5.56. The molecule has 1 unspecified atom stereocenters. The standard InChI is InChI=1S/C14H19BrFN3O2/c1-9(19-2-4-21-5-3-19)8-18-12-7-10(15)6-11(16)13(12)14(17)20/h6-7,9,18H,2-5,8H2,1H3,(H2,17,20). The zero-order chi connectivity index (χ0) is 15.4. The van der Waals surface area contributed by atoms with Crippen LogP contribution in [0.4, 0.5) is 10.1 Å². The Labute approximate surface area is 131 Å². The van der Waals surface area contributed by atoms with Gasteiger partial charge >= 0.3 is 0 Å². The summed E-state index contributed by atoms with van der Waals surface area (Å²) in [6, 6.07) is 3.14. The second-order valence-electron chi connectivity index (χ2n) is 5.05. The van der Waals surface area contributed by atoms with Crippen LogP contribution in [0.5, 0.6) is 0 Å². The molecule has 116 valence electrons. The minimum absolute atomic E-state index is 0.104. The molecule has 1 aliphatic rings. The van der Waals surface area contributed by atoms with Crippen molar-refractivity contribution in [1.29, 1.82) is 0 Å². The average Bonchev–Trinajstić information content (AvgIpc) is 2.44. The Hall–Kier alpha value is -1.18. The van der Waals surface area contributed by atoms with Crippen molar-refractivity contribution in [2.75, 3.05) is 38.2 Å². The number of anilines is 1. The van der Waals surface area contributed by atoms with Crippen LogP contribution in [0.1, 0.15) is 17.3 Å². The minimum Gasteiger partial charge on any atom is -0.383 e. The molecule has 5 nitrogen and oxygen atoms in total. The third-order valence-corrected chi connectivity index (χ3v) is 4.02. The summed E-state index contributed by atoms with van der Waals surface area (Å²) in [7, 11) is 0. The second kappa shape index (κ2) is 7.20. The van der Waals surface area contributed by atoms with Crippen molar-refractivity contribution in [3.63, 3.8) is 0 Å². The van der Waals surface area contributed by atoms with Gasteiger partial charge in [-0.2, -0.15) is 0 Å². The fourth-order valence-electron chi connectivity index (χ4n) is 2.37. The quantitative estimate of drug-likeness (QED) is 0.841. The summed E-state index contributed by atoms with van der Waals surface area (Å²) >= 11 is 3.22. The molecule has 1 heterocycles. The molecule has 3 N–H and O–H groups in total. The largest absolute Gasteiger partial charge is 0.383 e. The van der Waals surface area contributed by atoms with Gasteiger partial charge in [-0.25, -0.2) is 4.39 Å². The minimum atomic E-state index is -0.776. The molecule has 0 saturated carbocycles. The molecular formula is C14H19BrFN3O2. The van der Waals surface area contributed by atoms with E-state index in [4.69, 9.17) is 10.5 Å². The SMILES string of the molecule is CC(CNc1cc(Br)cc(F)c1C(N)=O)N1CCOCC1. The van der Waals surface area contributed by atoms with E-state index in [-0.39, 0.29) is 11.6 Å². The van der Waals surface area contributed by atoms with Gasteiger partial charge in [0, 0.05) is 30.1 Å². The number of hydrogen-bond donors (Lipinski definition) is 2. The van der Waals surface area contributed by atoms with Crippen LogP contribution in [-0.4, -0.2) is 49.7 Å². The number of primary amides is 1. The molecular weight excluding hydrogens is 341 g/mol. The van der Waals surface area contributed by atoms with Crippen molar-refractivity contribution in [2.24, 2.45) is 5.73 Å². The first-order valence-corrected chi connectivity index (χ1v) is 7.63. The average molecular weight is 360 g/mol. The molecule has 21 heavy (non-hydrogen) atoms. The highest BCUT2D eigenvalue weighted by atomic mass is 79.9. The molecule has 1 saturated heterocycles. The number of amides is 1. The number of carbonyl (C=O) groups is 1. The van der Waals surface area contributed by atoms with Gasteiger partial charge in [0.2, 0.25) is 0 Å². The van der Waals surface area contributed by atoms with E-state index >= 15 is 0 Å². The van der Waals surface area contributed by atoms with Crippen molar-refractivity contribution in [3.05, 3.63) is 28.0 Å². The number of ether oxygens (including phenoxy) is 1. The van der Waals surface area contributed by atoms with Gasteiger partial charge < -0.3 is 15.8 Å². The number of hydrogen-bond acceptors (Lipinski definition) is 4. The first kappa shape index (κ1) is 16.2. The Balaban J connectivity index is 2.06. The third-order valence-electron chi connectivity index (χ3n) is 3.56. The number of carbonyl (C=O) groups excluding carboxylic acids is 1. The fourth-order valence-corrected chi connectivity index (χ4v) is 2.80. The summed E-state index contributed by atoms with van der Waals surface area (Å²) < 4.78 is 19.7. The lowest BCUT2D eigenvalue weighted by Gasteiger charge is -2.32. The van der Waals surface area contributed by atoms with Crippen molar-refractivity contribution >= 4 is 27.5 Å². The lowest BCUT2D eigenvalue weighted by molar-refractivity contribution is 0.0227. The van der Waals surface area contributed by atoms with Crippen LogP contribution in [0.3, 0.4) is 0 Å². The molecule has 0 spiro atoms. The van der Waals surface area contributed by atoms with E-state index in [0.717, 1.165) is 26.3 Å². The van der Waals surface area contributed by atoms with Gasteiger partial charge in [0.1, 0.15) is 5.82 Å². The predicted molar refractivity (Wildman–Crippen MR) is 83.0 cm³/mol. The fraction of sp³-hybridized carbons (Fsp3) is 0.500. The Morgan fingerprint density at radius 3 is 2.81 bits per heavy atom. The zero-order valence-corrected chi connectivity index (χ0v) is 13.5. The third kappa shape index (κ3) is 4.15. The number of morpholine rings is 1. The number of nitrogens with two attached hydrogens (primary N) is 1. The molecule has 0 bridgehead atoms. The number of halogens is 2. The Bertz CT molecular complexity index is 521. The van der Waals surface area contributed by atoms with E-state index in [1.807, 2.05) is 0 Å². The molecule has 1 amide bonds. The molecule has 1 aromatic carbocycles. The maximum absolute atomic E-state index is 13.8. The van der Waals surface area contributed by atoms with Crippen molar-refractivity contribution < 1.29 is 13.9 Å². The monoisotopic (exact) mass is 359 g/mol. The molecule has 1 aromatic rings. The highest BCUT2D eigenvalue weighted by Crippen LogP contribution is 2.24. The summed E-state index contributed by atoms with van der Waals surface area (Å²) in [6.07, 6.45) is 0. The van der Waals surface area contributed by atoms with Crippen LogP contribution in [0.25, 0.3) is 0 Å². The Kier molecular flexibility index (Phi) is 5.55. The van der Waals surface area contributed by atoms with Gasteiger partial charge in [0.15, 0.2) is 0 Å². The summed E-state index contributed by atoms with van der Waals surface area (Å²) in [5.74, 6) is -1.40. The zero-order valence-electron chi connectivity index (χ0n) is 11.9. The van der Waals surface area contributed by atoms with Crippen molar-refractivity contribution in [2.45, 2.75) is 13.0 Å². The maximum Gasteiger partial charge on any atom is 0.253 e. The summed E-state index contributed by atoms with van der Waals surface area (Å²) in [4.78, 5) is 13.7. The van der Waals surface area contributed by atoms with Gasteiger partial charge in [-0.15, -0.1) is 0 Å². The number of nitrogens with zero attached hydrogens (tertiary/aromatic N) is 1. The van der Waals surface area contributed by atoms with E-state index in [1.165, 1.54) is 6.07 Å². The van der Waals surface area contributed by atoms with E-state index in [2.05, 4.69) is 33.1 Å². The van der Waals surface area contributed by atoms with Crippen LogP contribution < -0.4 is 11.1 Å². The predicted octanol–water partition coefficient (Wildman–Crippen LogP) is 1.82. The van der Waals surface area contributed by atoms with Crippen LogP contribution in [0.15, 0.2) is 16.6 Å². The summed E-state index contributed by atoms with van der Waals surface area (Å²) in [6.45, 7) is 5.87. The van der Waals surface area contributed by atoms with Crippen LogP contribution >= 0.6 is 15.9 Å². The Morgan fingerprint density at radius 1 is 1.52 bits per heavy atom. The first-order chi connectivity index (χ1) is 9.99. The molecule has 2 rings (SSSR count). The molecule has 0 aliphatic carbocycles. The number of rotatable bonds is 5. The van der Waals surface area contributed by atoms with Crippen LogP contribution in [0.2, 0.25) is 0 Å². The topological polar surface area (TPSA) is 67.6 Å². The lowest BCUT2D eigenvalue weighted by Crippen LogP contribution is -2.45. The van der Waals surface area contributed by atoms with E-state index in [1.54, 1.807) is 6.07 Å². The normalized spacial score (nSPS) is 17.5. The number of benzene rings is 1. The van der Waals surface area contributed by atoms with Gasteiger partial charge in [0.25, 0.3) is 5.91 Å². The van der Waals surface area contributed by atoms with Gasteiger partial charge in [0.05, 0.1) is 24.5 Å². The second-order valence-corrected chi connectivity index (χ2v) is 5.97. The van der Waals surface area contributed by atoms with E-state index in [9.17, 15) is 9.18 Å². The molecule has 1 atom stereocenters. The Morgan fingerprint density at radius 2 is 2.19 bits per heavy atom. The highest BCUT2D eigenvalue weighted by Gasteiger charge is 2.19. The smallest absolute Gasteiger partial charge is 0.253 e. The van der Waals surface area contributed by atoms with E-state index in [0.29, 0.717) is 16.7 Å². The highest BCUT2D eigenvalue weighted by molar-refractivity contribution is 9.10.